The van der Waals surface area contributed by atoms with Crippen LogP contribution in [0.2, 0.25) is 0 Å². The molecule has 1 aliphatic heterocycles. The van der Waals surface area contributed by atoms with E-state index in [0.717, 1.165) is 11.0 Å². The minimum atomic E-state index is -4.61. The van der Waals surface area contributed by atoms with E-state index in [0.29, 0.717) is 6.42 Å². The average Bonchev–Trinajstić information content (AvgIpc) is 2.90. The minimum Gasteiger partial charge on any atom is -0.479 e. The zero-order chi connectivity index (χ0) is 19.8. The Labute approximate surface area is 149 Å². The summed E-state index contributed by atoms with van der Waals surface area (Å²) >= 11 is 0. The second-order valence-electron chi connectivity index (χ2n) is 7.40. The molecule has 0 bridgehead atoms. The van der Waals surface area contributed by atoms with Crippen LogP contribution in [0.15, 0.2) is 24.3 Å². The molecule has 5 nitrogen and oxygen atoms in total. The standard InChI is InChI=1S/C18H22F3NO4/c1-16(2,3)26-15(25)22-10-6-9-17(22,14(23)24)11-12-7-4-5-8-13(12)18(19,20)21/h4-5,7-8H,6,9-11H2,1-3H3,(H,23,24)/t17-/m0/s1. The number of ether oxygens (including phenoxy) is 1. The Hall–Kier alpha value is -2.25. The molecule has 26 heavy (non-hydrogen) atoms. The average molecular weight is 373 g/mol. The Morgan fingerprint density at radius 2 is 1.85 bits per heavy atom. The lowest BCUT2D eigenvalue weighted by Crippen LogP contribution is -2.55. The van der Waals surface area contributed by atoms with Crippen LogP contribution in [-0.2, 0) is 22.1 Å². The van der Waals surface area contributed by atoms with Crippen molar-refractivity contribution in [3.05, 3.63) is 35.4 Å². The van der Waals surface area contributed by atoms with Crippen LogP contribution < -0.4 is 0 Å². The van der Waals surface area contributed by atoms with Gasteiger partial charge in [-0.3, -0.25) is 4.90 Å². The van der Waals surface area contributed by atoms with Gasteiger partial charge in [0.05, 0.1) is 5.56 Å². The van der Waals surface area contributed by atoms with E-state index in [-0.39, 0.29) is 18.5 Å². The second-order valence-corrected chi connectivity index (χ2v) is 7.40. The number of carbonyl (C=O) groups excluding carboxylic acids is 1. The van der Waals surface area contributed by atoms with Crippen molar-refractivity contribution in [1.82, 2.24) is 4.90 Å². The summed E-state index contributed by atoms with van der Waals surface area (Å²) in [6, 6.07) is 4.84. The maximum atomic E-state index is 13.3. The van der Waals surface area contributed by atoms with Gasteiger partial charge in [-0.1, -0.05) is 18.2 Å². The predicted molar refractivity (Wildman–Crippen MR) is 87.7 cm³/mol. The molecular formula is C18H22F3NO4. The number of hydrogen-bond donors (Lipinski definition) is 1. The summed E-state index contributed by atoms with van der Waals surface area (Å²) in [7, 11) is 0. The number of nitrogens with zero attached hydrogens (tertiary/aromatic N) is 1. The first-order valence-corrected chi connectivity index (χ1v) is 8.26. The number of alkyl halides is 3. The van der Waals surface area contributed by atoms with Crippen molar-refractivity contribution in [1.29, 1.82) is 0 Å². The van der Waals surface area contributed by atoms with E-state index in [1.54, 1.807) is 20.8 Å². The molecule has 1 atom stereocenters. The lowest BCUT2D eigenvalue weighted by Gasteiger charge is -2.36. The highest BCUT2D eigenvalue weighted by Gasteiger charge is 2.52. The highest BCUT2D eigenvalue weighted by Crippen LogP contribution is 2.38. The summed E-state index contributed by atoms with van der Waals surface area (Å²) in [6.45, 7) is 5.04. The number of aliphatic carboxylic acids is 1. The van der Waals surface area contributed by atoms with Crippen molar-refractivity contribution in [2.45, 2.75) is 57.3 Å². The van der Waals surface area contributed by atoms with Crippen LogP contribution in [-0.4, -0.2) is 39.8 Å². The van der Waals surface area contributed by atoms with Crippen LogP contribution in [0.1, 0.15) is 44.7 Å². The number of hydrogen-bond acceptors (Lipinski definition) is 3. The molecule has 2 rings (SSSR count). The van der Waals surface area contributed by atoms with Crippen molar-refractivity contribution < 1.29 is 32.6 Å². The van der Waals surface area contributed by atoms with Gasteiger partial charge in [0.1, 0.15) is 11.1 Å². The molecule has 0 unspecified atom stereocenters. The number of benzene rings is 1. The predicted octanol–water partition coefficient (Wildman–Crippen LogP) is 4.10. The fraction of sp³-hybridized carbons (Fsp3) is 0.556. The Bertz CT molecular complexity index is 696. The molecule has 0 aromatic heterocycles. The van der Waals surface area contributed by atoms with Crippen molar-refractivity contribution in [2.24, 2.45) is 0 Å². The summed E-state index contributed by atoms with van der Waals surface area (Å²) in [5.74, 6) is -1.34. The van der Waals surface area contributed by atoms with Gasteiger partial charge in [-0.15, -0.1) is 0 Å². The molecule has 1 heterocycles. The van der Waals surface area contributed by atoms with E-state index >= 15 is 0 Å². The van der Waals surface area contributed by atoms with Gasteiger partial charge in [0.25, 0.3) is 0 Å². The van der Waals surface area contributed by atoms with E-state index in [9.17, 15) is 27.9 Å². The largest absolute Gasteiger partial charge is 0.479 e. The fourth-order valence-corrected chi connectivity index (χ4v) is 3.21. The van der Waals surface area contributed by atoms with Crippen LogP contribution in [0.4, 0.5) is 18.0 Å². The molecule has 1 saturated heterocycles. The molecule has 0 spiro atoms. The number of carboxylic acids is 1. The molecule has 0 radical (unpaired) electrons. The Balaban J connectivity index is 2.42. The lowest BCUT2D eigenvalue weighted by molar-refractivity contribution is -0.150. The first kappa shape index (κ1) is 20.1. The van der Waals surface area contributed by atoms with Crippen molar-refractivity contribution >= 4 is 12.1 Å². The Kier molecular flexibility index (Phi) is 5.26. The third kappa shape index (κ3) is 4.11. The molecule has 1 fully saturated rings. The van der Waals surface area contributed by atoms with Gasteiger partial charge in [-0.05, 0) is 45.2 Å². The maximum absolute atomic E-state index is 13.3. The maximum Gasteiger partial charge on any atom is 0.416 e. The summed E-state index contributed by atoms with van der Waals surface area (Å²) in [5, 5.41) is 9.81. The molecule has 0 saturated carbocycles. The van der Waals surface area contributed by atoms with Gasteiger partial charge in [0.15, 0.2) is 0 Å². The van der Waals surface area contributed by atoms with Crippen molar-refractivity contribution in [3.8, 4) is 0 Å². The summed E-state index contributed by atoms with van der Waals surface area (Å²) < 4.78 is 45.1. The molecule has 0 aliphatic carbocycles. The minimum absolute atomic E-state index is 0.0633. The van der Waals surface area contributed by atoms with Gasteiger partial charge in [-0.2, -0.15) is 13.2 Å². The molecule has 1 N–H and O–H groups in total. The monoisotopic (exact) mass is 373 g/mol. The highest BCUT2D eigenvalue weighted by atomic mass is 19.4. The molecule has 1 aliphatic rings. The number of halogens is 3. The fourth-order valence-electron chi connectivity index (χ4n) is 3.21. The van der Waals surface area contributed by atoms with Crippen LogP contribution in [0.3, 0.4) is 0 Å². The number of likely N-dealkylation sites (tertiary alicyclic amines) is 1. The van der Waals surface area contributed by atoms with Crippen molar-refractivity contribution in [2.75, 3.05) is 6.54 Å². The van der Waals surface area contributed by atoms with Gasteiger partial charge in [0, 0.05) is 13.0 Å². The summed E-state index contributed by atoms with van der Waals surface area (Å²) in [5.41, 5.74) is -3.65. The van der Waals surface area contributed by atoms with Gasteiger partial charge >= 0.3 is 18.2 Å². The van der Waals surface area contributed by atoms with E-state index in [1.165, 1.54) is 18.2 Å². The number of carboxylic acid groups (broad SMARTS) is 1. The summed E-state index contributed by atoms with van der Waals surface area (Å²) in [6.07, 6.45) is -5.43. The Morgan fingerprint density at radius 1 is 1.23 bits per heavy atom. The van der Waals surface area contributed by atoms with Crippen molar-refractivity contribution in [3.63, 3.8) is 0 Å². The number of carbonyl (C=O) groups is 2. The van der Waals surface area contributed by atoms with Crippen LogP contribution in [0, 0.1) is 0 Å². The van der Waals surface area contributed by atoms with Crippen LogP contribution in [0.25, 0.3) is 0 Å². The SMILES string of the molecule is CC(C)(C)OC(=O)N1CCC[C@]1(Cc1ccccc1C(F)(F)F)C(=O)O. The lowest BCUT2D eigenvalue weighted by atomic mass is 9.86. The van der Waals surface area contributed by atoms with Crippen LogP contribution in [0.5, 0.6) is 0 Å². The van der Waals surface area contributed by atoms with Crippen LogP contribution >= 0.6 is 0 Å². The number of rotatable bonds is 3. The van der Waals surface area contributed by atoms with Gasteiger partial charge in [0.2, 0.25) is 0 Å². The molecule has 8 heteroatoms. The first-order chi connectivity index (χ1) is 11.9. The molecule has 1 amide bonds. The van der Waals surface area contributed by atoms with E-state index < -0.39 is 41.4 Å². The smallest absolute Gasteiger partial charge is 0.416 e. The van der Waals surface area contributed by atoms with E-state index in [2.05, 4.69) is 0 Å². The molecule has 1 aromatic carbocycles. The molecular weight excluding hydrogens is 351 g/mol. The zero-order valence-corrected chi connectivity index (χ0v) is 14.9. The topological polar surface area (TPSA) is 66.8 Å². The molecule has 144 valence electrons. The first-order valence-electron chi connectivity index (χ1n) is 8.26. The third-order valence-corrected chi connectivity index (χ3v) is 4.31. The molecule has 1 aromatic rings. The normalized spacial score (nSPS) is 20.9. The van der Waals surface area contributed by atoms with Gasteiger partial charge in [-0.25, -0.2) is 9.59 Å². The van der Waals surface area contributed by atoms with E-state index in [4.69, 9.17) is 4.74 Å². The Morgan fingerprint density at radius 3 is 2.38 bits per heavy atom. The zero-order valence-electron chi connectivity index (χ0n) is 14.9. The third-order valence-electron chi connectivity index (χ3n) is 4.31. The number of amides is 1. The second kappa shape index (κ2) is 6.81. The highest BCUT2D eigenvalue weighted by molar-refractivity contribution is 5.85. The summed E-state index contributed by atoms with van der Waals surface area (Å²) in [4.78, 5) is 25.6. The van der Waals surface area contributed by atoms with E-state index in [1.807, 2.05) is 0 Å². The van der Waals surface area contributed by atoms with Gasteiger partial charge < -0.3 is 9.84 Å². The quantitative estimate of drug-likeness (QED) is 0.866.